The molecule has 0 bridgehead atoms. The van der Waals surface area contributed by atoms with E-state index in [1.807, 2.05) is 12.3 Å². The molecule has 1 unspecified atom stereocenters. The molecule has 94 valence electrons. The first-order chi connectivity index (χ1) is 8.76. The molecule has 1 aliphatic heterocycles. The first-order valence-corrected chi connectivity index (χ1v) is 6.19. The van der Waals surface area contributed by atoms with Crippen molar-refractivity contribution in [3.05, 3.63) is 42.1 Å². The monoisotopic (exact) mass is 246 g/mol. The van der Waals surface area contributed by atoms with E-state index in [9.17, 15) is 9.50 Å². The summed E-state index contributed by atoms with van der Waals surface area (Å²) >= 11 is 0. The molecule has 0 aliphatic carbocycles. The van der Waals surface area contributed by atoms with Crippen molar-refractivity contribution in [3.63, 3.8) is 0 Å². The number of imidazole rings is 1. The Labute approximate surface area is 105 Å². The molecule has 1 N–H and O–H groups in total. The van der Waals surface area contributed by atoms with Crippen LogP contribution in [0.2, 0.25) is 0 Å². The smallest absolute Gasteiger partial charge is 0.123 e. The van der Waals surface area contributed by atoms with Crippen LogP contribution < -0.4 is 0 Å². The van der Waals surface area contributed by atoms with Gasteiger partial charge in [-0.3, -0.25) is 0 Å². The lowest BCUT2D eigenvalue weighted by molar-refractivity contribution is 0.199. The van der Waals surface area contributed by atoms with Gasteiger partial charge in [0, 0.05) is 31.3 Å². The molecule has 0 amide bonds. The van der Waals surface area contributed by atoms with Gasteiger partial charge in [-0.25, -0.2) is 9.37 Å². The number of hydrogen-bond donors (Lipinski definition) is 1. The second-order valence-corrected chi connectivity index (χ2v) is 4.79. The Morgan fingerprint density at radius 1 is 1.44 bits per heavy atom. The van der Waals surface area contributed by atoms with E-state index in [2.05, 4.69) is 9.55 Å². The number of halogens is 1. The number of benzene rings is 1. The van der Waals surface area contributed by atoms with Crippen LogP contribution in [0.4, 0.5) is 4.39 Å². The maximum atomic E-state index is 13.2. The minimum atomic E-state index is -0.244. The molecule has 1 atom stereocenters. The summed E-state index contributed by atoms with van der Waals surface area (Å²) in [5, 5.41) is 9.19. The highest BCUT2D eigenvalue weighted by Gasteiger charge is 2.20. The van der Waals surface area contributed by atoms with E-state index in [0.717, 1.165) is 36.5 Å². The third-order valence-electron chi connectivity index (χ3n) is 3.49. The molecule has 4 heteroatoms. The van der Waals surface area contributed by atoms with Gasteiger partial charge in [0.1, 0.15) is 11.6 Å². The summed E-state index contributed by atoms with van der Waals surface area (Å²) in [6, 6.07) is 6.49. The van der Waals surface area contributed by atoms with Crippen molar-refractivity contribution in [3.8, 4) is 11.3 Å². The van der Waals surface area contributed by atoms with Crippen LogP contribution in [0, 0.1) is 11.7 Å². The molecule has 0 fully saturated rings. The molecular weight excluding hydrogens is 231 g/mol. The van der Waals surface area contributed by atoms with E-state index < -0.39 is 0 Å². The molecule has 3 rings (SSSR count). The molecule has 0 saturated heterocycles. The van der Waals surface area contributed by atoms with E-state index in [4.69, 9.17) is 0 Å². The first-order valence-electron chi connectivity index (χ1n) is 6.19. The van der Waals surface area contributed by atoms with Crippen molar-refractivity contribution in [2.75, 3.05) is 6.61 Å². The average Bonchev–Trinajstić information content (AvgIpc) is 2.81. The Balaban J connectivity index is 1.94. The normalized spacial score (nSPS) is 18.7. The van der Waals surface area contributed by atoms with Crippen LogP contribution in [0.25, 0.3) is 11.3 Å². The van der Waals surface area contributed by atoms with Crippen LogP contribution in [-0.2, 0) is 13.0 Å². The highest BCUT2D eigenvalue weighted by molar-refractivity contribution is 5.58. The van der Waals surface area contributed by atoms with E-state index in [1.165, 1.54) is 12.1 Å². The standard InChI is InChI=1S/C14H15FN2O/c15-12-3-1-2-11(7-12)13-8-17-5-4-10(9-18)6-14(17)16-13/h1-3,7-8,10,18H,4-6,9H2. The third-order valence-corrected chi connectivity index (χ3v) is 3.49. The van der Waals surface area contributed by atoms with Crippen molar-refractivity contribution >= 4 is 0 Å². The van der Waals surface area contributed by atoms with Gasteiger partial charge in [-0.15, -0.1) is 0 Å². The molecule has 1 aromatic heterocycles. The Morgan fingerprint density at radius 2 is 2.33 bits per heavy atom. The van der Waals surface area contributed by atoms with Crippen LogP contribution in [0.1, 0.15) is 12.2 Å². The van der Waals surface area contributed by atoms with Gasteiger partial charge >= 0.3 is 0 Å². The number of fused-ring (bicyclic) bond motifs is 1. The predicted molar refractivity (Wildman–Crippen MR) is 66.5 cm³/mol. The van der Waals surface area contributed by atoms with Gasteiger partial charge in [-0.05, 0) is 24.5 Å². The van der Waals surface area contributed by atoms with Crippen LogP contribution >= 0.6 is 0 Å². The zero-order chi connectivity index (χ0) is 12.5. The van der Waals surface area contributed by atoms with Crippen LogP contribution in [-0.4, -0.2) is 21.3 Å². The van der Waals surface area contributed by atoms with Crippen molar-refractivity contribution < 1.29 is 9.50 Å². The summed E-state index contributed by atoms with van der Waals surface area (Å²) < 4.78 is 15.3. The number of hydrogen-bond acceptors (Lipinski definition) is 2. The Morgan fingerprint density at radius 3 is 3.11 bits per heavy atom. The number of aryl methyl sites for hydroxylation is 1. The lowest BCUT2D eigenvalue weighted by Crippen LogP contribution is -2.21. The lowest BCUT2D eigenvalue weighted by atomic mass is 9.99. The molecule has 1 aliphatic rings. The minimum Gasteiger partial charge on any atom is -0.396 e. The summed E-state index contributed by atoms with van der Waals surface area (Å²) in [5.74, 6) is 1.05. The number of aliphatic hydroxyl groups excluding tert-OH is 1. The maximum Gasteiger partial charge on any atom is 0.123 e. The van der Waals surface area contributed by atoms with E-state index in [1.54, 1.807) is 6.07 Å². The quantitative estimate of drug-likeness (QED) is 0.882. The van der Waals surface area contributed by atoms with Crippen LogP contribution in [0.15, 0.2) is 30.5 Å². The zero-order valence-electron chi connectivity index (χ0n) is 10.0. The largest absolute Gasteiger partial charge is 0.396 e. The first kappa shape index (κ1) is 11.4. The van der Waals surface area contributed by atoms with Gasteiger partial charge in [0.2, 0.25) is 0 Å². The van der Waals surface area contributed by atoms with E-state index in [0.29, 0.717) is 5.92 Å². The molecule has 2 aromatic rings. The van der Waals surface area contributed by atoms with Crippen molar-refractivity contribution in [2.24, 2.45) is 5.92 Å². The molecule has 2 heterocycles. The molecule has 1 aromatic carbocycles. The number of rotatable bonds is 2. The SMILES string of the molecule is OCC1CCn2cc(-c3cccc(F)c3)nc2C1. The molecule has 0 spiro atoms. The van der Waals surface area contributed by atoms with Crippen molar-refractivity contribution in [1.29, 1.82) is 0 Å². The predicted octanol–water partition coefficient (Wildman–Crippen LogP) is 2.24. The molecular formula is C14H15FN2O. The van der Waals surface area contributed by atoms with Gasteiger partial charge in [0.15, 0.2) is 0 Å². The Bertz CT molecular complexity index is 565. The van der Waals surface area contributed by atoms with Gasteiger partial charge in [-0.2, -0.15) is 0 Å². The summed E-state index contributed by atoms with van der Waals surface area (Å²) in [4.78, 5) is 4.55. The highest BCUT2D eigenvalue weighted by atomic mass is 19.1. The fourth-order valence-corrected chi connectivity index (χ4v) is 2.44. The van der Waals surface area contributed by atoms with Gasteiger partial charge in [0.05, 0.1) is 5.69 Å². The van der Waals surface area contributed by atoms with E-state index >= 15 is 0 Å². The van der Waals surface area contributed by atoms with E-state index in [-0.39, 0.29) is 12.4 Å². The second-order valence-electron chi connectivity index (χ2n) is 4.79. The number of aliphatic hydroxyl groups is 1. The second kappa shape index (κ2) is 4.53. The average molecular weight is 246 g/mol. The maximum absolute atomic E-state index is 13.2. The summed E-state index contributed by atoms with van der Waals surface area (Å²) in [7, 11) is 0. The molecule has 3 nitrogen and oxygen atoms in total. The summed E-state index contributed by atoms with van der Waals surface area (Å²) in [6.45, 7) is 1.09. The fraction of sp³-hybridized carbons (Fsp3) is 0.357. The summed E-state index contributed by atoms with van der Waals surface area (Å²) in [6.07, 6.45) is 3.74. The number of nitrogens with zero attached hydrogens (tertiary/aromatic N) is 2. The third kappa shape index (κ3) is 2.04. The van der Waals surface area contributed by atoms with Gasteiger partial charge < -0.3 is 9.67 Å². The molecule has 18 heavy (non-hydrogen) atoms. The lowest BCUT2D eigenvalue weighted by Gasteiger charge is -2.20. The fourth-order valence-electron chi connectivity index (χ4n) is 2.44. The highest BCUT2D eigenvalue weighted by Crippen LogP contribution is 2.25. The minimum absolute atomic E-state index is 0.210. The van der Waals surface area contributed by atoms with Gasteiger partial charge in [-0.1, -0.05) is 12.1 Å². The Kier molecular flexibility index (Phi) is 2.88. The van der Waals surface area contributed by atoms with Crippen LogP contribution in [0.5, 0.6) is 0 Å². The zero-order valence-corrected chi connectivity index (χ0v) is 10.0. The number of aromatic nitrogens is 2. The van der Waals surface area contributed by atoms with Gasteiger partial charge in [0.25, 0.3) is 0 Å². The summed E-state index contributed by atoms with van der Waals surface area (Å²) in [5.41, 5.74) is 1.61. The van der Waals surface area contributed by atoms with Crippen molar-refractivity contribution in [2.45, 2.75) is 19.4 Å². The van der Waals surface area contributed by atoms with Crippen LogP contribution in [0.3, 0.4) is 0 Å². The Hall–Kier alpha value is -1.68. The topological polar surface area (TPSA) is 38.0 Å². The molecule has 0 saturated carbocycles. The molecule has 0 radical (unpaired) electrons. The van der Waals surface area contributed by atoms with Crippen molar-refractivity contribution in [1.82, 2.24) is 9.55 Å².